The van der Waals surface area contributed by atoms with E-state index in [0.29, 0.717) is 32.7 Å². The Labute approximate surface area is 250 Å². The van der Waals surface area contributed by atoms with Gasteiger partial charge in [0.2, 0.25) is 11.8 Å². The van der Waals surface area contributed by atoms with Gasteiger partial charge in [0.25, 0.3) is 0 Å². The summed E-state index contributed by atoms with van der Waals surface area (Å²) in [6, 6.07) is 6.46. The van der Waals surface area contributed by atoms with Crippen LogP contribution in [0.25, 0.3) is 0 Å². The summed E-state index contributed by atoms with van der Waals surface area (Å²) in [5, 5.41) is 18.5. The molecule has 43 heavy (non-hydrogen) atoms. The molecule has 1 aromatic carbocycles. The van der Waals surface area contributed by atoms with Gasteiger partial charge in [-0.1, -0.05) is 18.2 Å². The van der Waals surface area contributed by atoms with Crippen LogP contribution in [0.5, 0.6) is 0 Å². The first kappa shape index (κ1) is 27.3. The number of fused-ring (bicyclic) bond motifs is 7. The maximum Gasteiger partial charge on any atom is 0.409 e. The average Bonchev–Trinajstić information content (AvgIpc) is 3.73. The number of rotatable bonds is 2. The van der Waals surface area contributed by atoms with E-state index in [1.807, 2.05) is 16.0 Å². The molecule has 1 aromatic rings. The fourth-order valence-corrected chi connectivity index (χ4v) is 8.05. The number of piperidine rings is 1. The van der Waals surface area contributed by atoms with E-state index in [-0.39, 0.29) is 66.7 Å². The van der Waals surface area contributed by atoms with Crippen molar-refractivity contribution < 1.29 is 23.9 Å². The maximum atomic E-state index is 13.7. The Hall–Kier alpha value is -3.23. The van der Waals surface area contributed by atoms with E-state index in [1.54, 1.807) is 4.90 Å². The minimum Gasteiger partial charge on any atom is -0.453 e. The number of amides is 3. The van der Waals surface area contributed by atoms with Gasteiger partial charge >= 0.3 is 6.09 Å². The molecule has 6 aliphatic heterocycles. The normalized spacial score (nSPS) is 35.4. The number of hydrazine groups is 1. The second kappa shape index (κ2) is 10.4. The molecule has 230 valence electrons. The molecule has 3 amide bonds. The first-order valence-corrected chi connectivity index (χ1v) is 15.6. The Morgan fingerprint density at radius 1 is 1.14 bits per heavy atom. The van der Waals surface area contributed by atoms with Gasteiger partial charge in [-0.05, 0) is 55.4 Å². The summed E-state index contributed by atoms with van der Waals surface area (Å²) in [6.07, 6.45) is 7.45. The number of methoxy groups -OCH3 is 1. The number of carbonyl (C=O) groups is 3. The van der Waals surface area contributed by atoms with Gasteiger partial charge in [0.1, 0.15) is 19.1 Å². The summed E-state index contributed by atoms with van der Waals surface area (Å²) in [5.41, 5.74) is 3.47. The first-order valence-electron chi connectivity index (χ1n) is 15.6. The smallest absolute Gasteiger partial charge is 0.409 e. The zero-order valence-corrected chi connectivity index (χ0v) is 24.5. The van der Waals surface area contributed by atoms with Crippen molar-refractivity contribution in [2.75, 3.05) is 45.2 Å². The van der Waals surface area contributed by atoms with Gasteiger partial charge in [-0.2, -0.15) is 5.01 Å². The Balaban J connectivity index is 1.03. The zero-order chi connectivity index (χ0) is 29.3. The van der Waals surface area contributed by atoms with Crippen LogP contribution >= 0.6 is 0 Å². The minimum absolute atomic E-state index is 0.00546. The van der Waals surface area contributed by atoms with Crippen molar-refractivity contribution in [1.29, 1.82) is 0 Å². The molecule has 1 spiro atoms. The predicted molar refractivity (Wildman–Crippen MR) is 155 cm³/mol. The predicted octanol–water partition coefficient (Wildman–Crippen LogP) is 0.413. The lowest BCUT2D eigenvalue weighted by atomic mass is 9.87. The molecule has 4 saturated heterocycles. The molecular formula is C30H40N8O5. The summed E-state index contributed by atoms with van der Waals surface area (Å²) < 4.78 is 11.0. The lowest BCUT2D eigenvalue weighted by molar-refractivity contribution is -0.175. The van der Waals surface area contributed by atoms with Crippen LogP contribution in [0.2, 0.25) is 0 Å². The molecule has 6 unspecified atom stereocenters. The number of nitrogens with zero attached hydrogens (tertiary/aromatic N) is 4. The fourth-order valence-electron chi connectivity index (χ4n) is 8.05. The van der Waals surface area contributed by atoms with Gasteiger partial charge in [0.05, 0.1) is 38.0 Å². The highest BCUT2D eigenvalue weighted by molar-refractivity contribution is 5.82. The fraction of sp³-hybridized carbons (Fsp3) is 0.633. The van der Waals surface area contributed by atoms with Crippen LogP contribution in [-0.2, 0) is 31.0 Å². The van der Waals surface area contributed by atoms with Crippen LogP contribution in [-0.4, -0.2) is 109 Å². The van der Waals surface area contributed by atoms with Crippen molar-refractivity contribution in [3.63, 3.8) is 0 Å². The SMILES string of the molecule is COC(=O)N1Cc2cc(NC3NCC4C(=O)N5C/C=C/CCN6C(=O)COC7CCC(NC76)N5C4N3)ccc2C2(CC2)C1. The second-order valence-electron chi connectivity index (χ2n) is 12.9. The number of anilines is 1. The lowest BCUT2D eigenvalue weighted by Crippen LogP contribution is -2.72. The van der Waals surface area contributed by atoms with Gasteiger partial charge in [0.15, 0.2) is 0 Å². The molecule has 6 atom stereocenters. The highest BCUT2D eigenvalue weighted by Crippen LogP contribution is 2.52. The molecule has 13 heteroatoms. The number of carbonyl (C=O) groups excluding carboxylic acids is 3. The van der Waals surface area contributed by atoms with Gasteiger partial charge in [0, 0.05) is 37.3 Å². The highest BCUT2D eigenvalue weighted by Gasteiger charge is 2.54. The van der Waals surface area contributed by atoms with E-state index in [4.69, 9.17) is 9.47 Å². The lowest BCUT2D eigenvalue weighted by Gasteiger charge is -2.50. The van der Waals surface area contributed by atoms with Crippen LogP contribution in [0.3, 0.4) is 0 Å². The molecule has 7 aliphatic rings. The molecule has 5 fully saturated rings. The molecule has 1 saturated carbocycles. The van der Waals surface area contributed by atoms with Gasteiger partial charge < -0.3 is 24.6 Å². The summed E-state index contributed by atoms with van der Waals surface area (Å²) in [7, 11) is 1.44. The maximum absolute atomic E-state index is 13.7. The summed E-state index contributed by atoms with van der Waals surface area (Å²) in [5.74, 6) is -0.150. The molecular weight excluding hydrogens is 552 g/mol. The van der Waals surface area contributed by atoms with Crippen LogP contribution < -0.4 is 21.3 Å². The van der Waals surface area contributed by atoms with E-state index in [1.165, 1.54) is 12.7 Å². The van der Waals surface area contributed by atoms with Gasteiger partial charge in [-0.25, -0.2) is 4.79 Å². The minimum atomic E-state index is -0.285. The van der Waals surface area contributed by atoms with Crippen LogP contribution in [0, 0.1) is 5.92 Å². The average molecular weight is 593 g/mol. The van der Waals surface area contributed by atoms with Crippen molar-refractivity contribution in [3.05, 3.63) is 41.5 Å². The number of hydrogen-bond acceptors (Lipinski definition) is 10. The topological polar surface area (TPSA) is 131 Å². The van der Waals surface area contributed by atoms with Crippen molar-refractivity contribution in [3.8, 4) is 0 Å². The van der Waals surface area contributed by atoms with Crippen LogP contribution in [0.1, 0.15) is 43.2 Å². The largest absolute Gasteiger partial charge is 0.453 e. The third-order valence-corrected chi connectivity index (χ3v) is 10.3. The Morgan fingerprint density at radius 3 is 2.86 bits per heavy atom. The molecule has 2 bridgehead atoms. The molecule has 6 heterocycles. The van der Waals surface area contributed by atoms with E-state index in [0.717, 1.165) is 43.4 Å². The number of benzene rings is 1. The van der Waals surface area contributed by atoms with E-state index >= 15 is 0 Å². The Bertz CT molecular complexity index is 1350. The third kappa shape index (κ3) is 4.60. The molecule has 13 nitrogen and oxygen atoms in total. The van der Waals surface area contributed by atoms with Gasteiger partial charge in [-0.3, -0.25) is 30.5 Å². The molecule has 1 aliphatic carbocycles. The van der Waals surface area contributed by atoms with Crippen molar-refractivity contribution in [2.24, 2.45) is 5.92 Å². The zero-order valence-electron chi connectivity index (χ0n) is 24.5. The number of hydrogen-bond donors (Lipinski definition) is 4. The summed E-state index contributed by atoms with van der Waals surface area (Å²) in [4.78, 5) is 42.6. The first-order chi connectivity index (χ1) is 20.9. The Kier molecular flexibility index (Phi) is 6.64. The molecule has 8 rings (SSSR count). The van der Waals surface area contributed by atoms with Gasteiger partial charge in [-0.15, -0.1) is 0 Å². The molecule has 0 radical (unpaired) electrons. The van der Waals surface area contributed by atoms with Crippen LogP contribution in [0.15, 0.2) is 30.4 Å². The summed E-state index contributed by atoms with van der Waals surface area (Å²) in [6.45, 7) is 3.01. The monoisotopic (exact) mass is 592 g/mol. The molecule has 4 N–H and O–H groups in total. The molecule has 0 aromatic heterocycles. The number of morpholine rings is 1. The summed E-state index contributed by atoms with van der Waals surface area (Å²) >= 11 is 0. The quantitative estimate of drug-likeness (QED) is 0.359. The van der Waals surface area contributed by atoms with Crippen LogP contribution in [0.4, 0.5) is 10.5 Å². The van der Waals surface area contributed by atoms with E-state index in [9.17, 15) is 14.4 Å². The van der Waals surface area contributed by atoms with Crippen molar-refractivity contribution in [2.45, 2.75) is 75.0 Å². The number of nitrogens with one attached hydrogen (secondary N) is 4. The van der Waals surface area contributed by atoms with Crippen molar-refractivity contribution >= 4 is 23.6 Å². The third-order valence-electron chi connectivity index (χ3n) is 10.3. The highest BCUT2D eigenvalue weighted by atomic mass is 16.5. The Morgan fingerprint density at radius 2 is 2.02 bits per heavy atom. The second-order valence-corrected chi connectivity index (χ2v) is 12.9. The van der Waals surface area contributed by atoms with E-state index < -0.39 is 0 Å². The van der Waals surface area contributed by atoms with Crippen molar-refractivity contribution in [1.82, 2.24) is 35.8 Å². The van der Waals surface area contributed by atoms with E-state index in [2.05, 4.69) is 50.6 Å². The standard InChI is InChI=1S/C30H40N8O5/c1-42-29(41)35-15-18-13-19(5-6-21(18)30(17-35)9-10-30)32-28-31-14-20-25(34-28)38-23-8-7-22-26(33-23)36(24(39)16-43-22)11-3-2-4-12-37(38)27(20)40/h2,4-6,13,20,22-23,25-26,28,31-34H,3,7-12,14-17H2,1H3/b4-2+. The number of ether oxygens (including phenoxy) is 2.